The Morgan fingerprint density at radius 3 is 2.56 bits per heavy atom. The number of hydrogen-bond acceptors (Lipinski definition) is 5. The molecule has 3 aromatic heterocycles. The zero-order valence-corrected chi connectivity index (χ0v) is 17.8. The first kappa shape index (κ1) is 20.0. The normalized spacial score (nSPS) is 13.5. The molecule has 0 radical (unpaired) electrons. The third-order valence-electron chi connectivity index (χ3n) is 5.39. The summed E-state index contributed by atoms with van der Waals surface area (Å²) in [6, 6.07) is 12.5. The highest BCUT2D eigenvalue weighted by molar-refractivity contribution is 6.12. The van der Waals surface area contributed by atoms with Gasteiger partial charge in [0.1, 0.15) is 5.69 Å². The van der Waals surface area contributed by atoms with Gasteiger partial charge in [-0.15, -0.1) is 0 Å². The van der Waals surface area contributed by atoms with E-state index in [9.17, 15) is 9.59 Å². The summed E-state index contributed by atoms with van der Waals surface area (Å²) in [7, 11) is 0. The van der Waals surface area contributed by atoms with Crippen LogP contribution < -0.4 is 10.6 Å². The van der Waals surface area contributed by atoms with Gasteiger partial charge < -0.3 is 15.1 Å². The van der Waals surface area contributed by atoms with Crippen LogP contribution in [-0.4, -0.2) is 32.6 Å². The lowest BCUT2D eigenvalue weighted by Crippen LogP contribution is -2.25. The van der Waals surface area contributed by atoms with Crippen LogP contribution in [0, 0.1) is 0 Å². The summed E-state index contributed by atoms with van der Waals surface area (Å²) in [4.78, 5) is 30.1. The molecule has 2 N–H and O–H groups in total. The summed E-state index contributed by atoms with van der Waals surface area (Å²) >= 11 is 0. The largest absolute Gasteiger partial charge is 0.463 e. The minimum Gasteiger partial charge on any atom is -0.463 e. The Kier molecular flexibility index (Phi) is 4.97. The van der Waals surface area contributed by atoms with Gasteiger partial charge in [-0.3, -0.25) is 9.59 Å². The molecule has 0 bridgehead atoms. The van der Waals surface area contributed by atoms with E-state index in [1.807, 2.05) is 13.8 Å². The van der Waals surface area contributed by atoms with E-state index in [0.29, 0.717) is 45.3 Å². The molecule has 32 heavy (non-hydrogen) atoms. The fourth-order valence-electron chi connectivity index (χ4n) is 3.53. The monoisotopic (exact) mass is 429 g/mol. The summed E-state index contributed by atoms with van der Waals surface area (Å²) in [6.45, 7) is 4.02. The molecule has 1 aliphatic carbocycles. The first-order valence-electron chi connectivity index (χ1n) is 10.6. The Bertz CT molecular complexity index is 1290. The SMILES string of the molecule is CC(C)n1ncc2c(C(=O)Nc3ccc(C(=O)NC4CC4)cc3)cc(-c3ccco3)nc21. The fourth-order valence-corrected chi connectivity index (χ4v) is 3.53. The lowest BCUT2D eigenvalue weighted by Gasteiger charge is -2.11. The number of hydrogen-bond donors (Lipinski definition) is 2. The van der Waals surface area contributed by atoms with Crippen molar-refractivity contribution in [2.75, 3.05) is 5.32 Å². The smallest absolute Gasteiger partial charge is 0.256 e. The van der Waals surface area contributed by atoms with Crippen molar-refractivity contribution in [3.8, 4) is 11.5 Å². The van der Waals surface area contributed by atoms with Crippen molar-refractivity contribution < 1.29 is 14.0 Å². The average Bonchev–Trinajstić information content (AvgIpc) is 3.26. The maximum absolute atomic E-state index is 13.2. The van der Waals surface area contributed by atoms with Gasteiger partial charge >= 0.3 is 0 Å². The molecule has 8 heteroatoms. The number of benzene rings is 1. The highest BCUT2D eigenvalue weighted by Gasteiger charge is 2.24. The first-order chi connectivity index (χ1) is 15.5. The van der Waals surface area contributed by atoms with E-state index in [4.69, 9.17) is 9.40 Å². The summed E-state index contributed by atoms with van der Waals surface area (Å²) in [6.07, 6.45) is 5.30. The van der Waals surface area contributed by atoms with Gasteiger partial charge in [-0.25, -0.2) is 9.67 Å². The summed E-state index contributed by atoms with van der Waals surface area (Å²) in [5, 5.41) is 11.0. The van der Waals surface area contributed by atoms with E-state index in [-0.39, 0.29) is 17.9 Å². The quantitative estimate of drug-likeness (QED) is 0.472. The van der Waals surface area contributed by atoms with Crippen LogP contribution in [0.1, 0.15) is 53.4 Å². The lowest BCUT2D eigenvalue weighted by atomic mass is 10.1. The molecule has 4 aromatic rings. The molecule has 0 saturated heterocycles. The minimum absolute atomic E-state index is 0.0806. The Hall–Kier alpha value is -3.94. The second-order valence-electron chi connectivity index (χ2n) is 8.23. The molecule has 1 aromatic carbocycles. The van der Waals surface area contributed by atoms with E-state index in [1.54, 1.807) is 59.6 Å². The molecule has 0 atom stereocenters. The van der Waals surface area contributed by atoms with E-state index in [2.05, 4.69) is 15.7 Å². The molecule has 0 spiro atoms. The van der Waals surface area contributed by atoms with Gasteiger partial charge in [-0.1, -0.05) is 0 Å². The number of nitrogens with one attached hydrogen (secondary N) is 2. The second-order valence-corrected chi connectivity index (χ2v) is 8.23. The van der Waals surface area contributed by atoms with Crippen LogP contribution in [-0.2, 0) is 0 Å². The van der Waals surface area contributed by atoms with Crippen LogP contribution in [0.4, 0.5) is 5.69 Å². The number of carbonyl (C=O) groups excluding carboxylic acids is 2. The Labute approximate surface area is 184 Å². The van der Waals surface area contributed by atoms with Gasteiger partial charge in [0, 0.05) is 23.3 Å². The molecule has 2 amide bonds. The molecule has 1 fully saturated rings. The Morgan fingerprint density at radius 2 is 1.91 bits per heavy atom. The number of nitrogens with zero attached hydrogens (tertiary/aromatic N) is 3. The number of aromatic nitrogens is 3. The highest BCUT2D eigenvalue weighted by Crippen LogP contribution is 2.27. The lowest BCUT2D eigenvalue weighted by molar-refractivity contribution is 0.0950. The summed E-state index contributed by atoms with van der Waals surface area (Å²) in [5.41, 5.74) is 2.79. The number of rotatable bonds is 6. The van der Waals surface area contributed by atoms with E-state index < -0.39 is 0 Å². The van der Waals surface area contributed by atoms with Crippen molar-refractivity contribution in [3.63, 3.8) is 0 Å². The van der Waals surface area contributed by atoms with E-state index in [1.165, 1.54) is 0 Å². The van der Waals surface area contributed by atoms with Gasteiger partial charge in [-0.05, 0) is 69.2 Å². The molecule has 162 valence electrons. The number of amides is 2. The van der Waals surface area contributed by atoms with Crippen molar-refractivity contribution in [1.82, 2.24) is 20.1 Å². The van der Waals surface area contributed by atoms with E-state index in [0.717, 1.165) is 12.8 Å². The van der Waals surface area contributed by atoms with Crippen LogP contribution in [0.5, 0.6) is 0 Å². The Balaban J connectivity index is 1.45. The zero-order valence-electron chi connectivity index (χ0n) is 17.8. The molecule has 0 unspecified atom stereocenters. The summed E-state index contributed by atoms with van der Waals surface area (Å²) < 4.78 is 7.29. The standard InChI is InChI=1S/C24H23N5O3/c1-14(2)29-22-19(13-25-29)18(12-20(28-22)21-4-3-11-32-21)24(31)27-16-7-5-15(6-8-16)23(30)26-17-9-10-17/h3-8,11-14,17H,9-10H2,1-2H3,(H,26,30)(H,27,31). The average molecular weight is 429 g/mol. The predicted octanol–water partition coefficient (Wildman–Crippen LogP) is 4.42. The molecular formula is C24H23N5O3. The first-order valence-corrected chi connectivity index (χ1v) is 10.6. The van der Waals surface area contributed by atoms with Crippen LogP contribution >= 0.6 is 0 Å². The van der Waals surface area contributed by atoms with Gasteiger partial charge in [0.15, 0.2) is 11.4 Å². The van der Waals surface area contributed by atoms with Crippen molar-refractivity contribution in [2.24, 2.45) is 0 Å². The van der Waals surface area contributed by atoms with Crippen LogP contribution in [0.15, 0.2) is 59.3 Å². The number of pyridine rings is 1. The maximum Gasteiger partial charge on any atom is 0.256 e. The molecule has 1 aliphatic rings. The van der Waals surface area contributed by atoms with E-state index >= 15 is 0 Å². The van der Waals surface area contributed by atoms with Gasteiger partial charge in [0.2, 0.25) is 0 Å². The Morgan fingerprint density at radius 1 is 1.12 bits per heavy atom. The number of anilines is 1. The van der Waals surface area contributed by atoms with Crippen LogP contribution in [0.2, 0.25) is 0 Å². The van der Waals surface area contributed by atoms with Gasteiger partial charge in [0.05, 0.1) is 23.4 Å². The van der Waals surface area contributed by atoms with Crippen LogP contribution in [0.3, 0.4) is 0 Å². The molecular weight excluding hydrogens is 406 g/mol. The fraction of sp³-hybridized carbons (Fsp3) is 0.250. The number of furan rings is 1. The molecule has 5 rings (SSSR count). The van der Waals surface area contributed by atoms with Crippen molar-refractivity contribution in [2.45, 2.75) is 38.8 Å². The highest BCUT2D eigenvalue weighted by atomic mass is 16.3. The molecule has 1 saturated carbocycles. The second kappa shape index (κ2) is 7.96. The molecule has 3 heterocycles. The van der Waals surface area contributed by atoms with Gasteiger partial charge in [-0.2, -0.15) is 5.10 Å². The minimum atomic E-state index is -0.288. The molecule has 8 nitrogen and oxygen atoms in total. The summed E-state index contributed by atoms with van der Waals surface area (Å²) in [5.74, 6) is 0.192. The number of carbonyl (C=O) groups is 2. The number of fused-ring (bicyclic) bond motifs is 1. The third kappa shape index (κ3) is 3.87. The topological polar surface area (TPSA) is 102 Å². The molecule has 0 aliphatic heterocycles. The zero-order chi connectivity index (χ0) is 22.2. The van der Waals surface area contributed by atoms with Gasteiger partial charge in [0.25, 0.3) is 11.8 Å². The van der Waals surface area contributed by atoms with Crippen molar-refractivity contribution in [3.05, 3.63) is 66.1 Å². The van der Waals surface area contributed by atoms with Crippen molar-refractivity contribution in [1.29, 1.82) is 0 Å². The van der Waals surface area contributed by atoms with Crippen molar-refractivity contribution >= 4 is 28.5 Å². The maximum atomic E-state index is 13.2. The predicted molar refractivity (Wildman–Crippen MR) is 120 cm³/mol. The third-order valence-corrected chi connectivity index (χ3v) is 5.39. The van der Waals surface area contributed by atoms with Crippen LogP contribution in [0.25, 0.3) is 22.5 Å².